The van der Waals surface area contributed by atoms with E-state index >= 15 is 0 Å². The number of halogens is 3. The van der Waals surface area contributed by atoms with E-state index in [1.807, 2.05) is 30.3 Å². The Balaban J connectivity index is 1.54. The van der Waals surface area contributed by atoms with Crippen molar-refractivity contribution in [3.63, 3.8) is 0 Å². The summed E-state index contributed by atoms with van der Waals surface area (Å²) in [5, 5.41) is 0. The quantitative estimate of drug-likeness (QED) is 0.842. The summed E-state index contributed by atoms with van der Waals surface area (Å²) in [4.78, 5) is 16.7. The lowest BCUT2D eigenvalue weighted by atomic mass is 10.2. The number of hydrogen-bond acceptors (Lipinski definition) is 4. The highest BCUT2D eigenvalue weighted by Crippen LogP contribution is 2.30. The van der Waals surface area contributed by atoms with Gasteiger partial charge < -0.3 is 14.4 Å². The molecule has 0 spiro atoms. The summed E-state index contributed by atoms with van der Waals surface area (Å²) >= 11 is 0. The van der Waals surface area contributed by atoms with Gasteiger partial charge >= 0.3 is 12.3 Å². The molecule has 1 saturated heterocycles. The first-order chi connectivity index (χ1) is 10.4. The molecular weight excluding hydrogens is 301 g/mol. The normalized spacial score (nSPS) is 23.8. The molecule has 0 bridgehead atoms. The molecule has 0 N–H and O–H groups in total. The number of benzene rings is 1. The predicted molar refractivity (Wildman–Crippen MR) is 70.4 cm³/mol. The van der Waals surface area contributed by atoms with E-state index in [-0.39, 0.29) is 19.7 Å². The standard InChI is InChI=1S/C14H13F3N2O3/c15-14(16,17)12-18-10-6-19(7-11(10)22-12)13(20)21-8-9-4-2-1-3-5-9/h1-5,10-11H,6-8H2/t10-,11+/m0/s1. The van der Waals surface area contributed by atoms with Crippen molar-refractivity contribution in [3.8, 4) is 0 Å². The Morgan fingerprint density at radius 2 is 2.05 bits per heavy atom. The van der Waals surface area contributed by atoms with E-state index < -0.39 is 30.3 Å². The second-order valence-corrected chi connectivity index (χ2v) is 5.10. The molecule has 1 aromatic carbocycles. The van der Waals surface area contributed by atoms with Crippen molar-refractivity contribution in [2.24, 2.45) is 4.99 Å². The third-order valence-electron chi connectivity index (χ3n) is 3.49. The molecule has 2 heterocycles. The van der Waals surface area contributed by atoms with Crippen LogP contribution in [0.15, 0.2) is 35.3 Å². The van der Waals surface area contributed by atoms with E-state index in [1.165, 1.54) is 4.90 Å². The van der Waals surface area contributed by atoms with Gasteiger partial charge in [-0.3, -0.25) is 0 Å². The number of hydrogen-bond donors (Lipinski definition) is 0. The molecule has 0 aliphatic carbocycles. The van der Waals surface area contributed by atoms with Gasteiger partial charge in [0, 0.05) is 0 Å². The highest BCUT2D eigenvalue weighted by molar-refractivity contribution is 5.84. The van der Waals surface area contributed by atoms with E-state index in [4.69, 9.17) is 9.47 Å². The van der Waals surface area contributed by atoms with Crippen LogP contribution in [0.2, 0.25) is 0 Å². The second kappa shape index (κ2) is 5.51. The average molecular weight is 314 g/mol. The van der Waals surface area contributed by atoms with Crippen LogP contribution < -0.4 is 0 Å². The van der Waals surface area contributed by atoms with Crippen molar-refractivity contribution >= 4 is 12.0 Å². The first-order valence-corrected chi connectivity index (χ1v) is 6.71. The van der Waals surface area contributed by atoms with Crippen LogP contribution in [0.5, 0.6) is 0 Å². The molecule has 5 nitrogen and oxygen atoms in total. The average Bonchev–Trinajstić information content (AvgIpc) is 3.04. The van der Waals surface area contributed by atoms with Crippen LogP contribution in [0, 0.1) is 0 Å². The number of amides is 1. The van der Waals surface area contributed by atoms with E-state index in [0.717, 1.165) is 5.56 Å². The van der Waals surface area contributed by atoms with E-state index in [1.54, 1.807) is 0 Å². The monoisotopic (exact) mass is 314 g/mol. The number of carbonyl (C=O) groups is 1. The summed E-state index contributed by atoms with van der Waals surface area (Å²) in [5.74, 6) is -1.21. The number of carbonyl (C=O) groups excluding carboxylic acids is 1. The molecular formula is C14H13F3N2O3. The van der Waals surface area contributed by atoms with Crippen LogP contribution in [-0.2, 0) is 16.1 Å². The molecule has 0 radical (unpaired) electrons. The SMILES string of the molecule is O=C(OCc1ccccc1)N1C[C@@H]2N=C(C(F)(F)F)O[C@@H]2C1. The maximum absolute atomic E-state index is 12.5. The zero-order chi connectivity index (χ0) is 15.7. The van der Waals surface area contributed by atoms with Gasteiger partial charge in [-0.2, -0.15) is 13.2 Å². The fourth-order valence-corrected chi connectivity index (χ4v) is 2.42. The molecule has 2 aliphatic heterocycles. The lowest BCUT2D eigenvalue weighted by molar-refractivity contribution is -0.0789. The molecule has 1 fully saturated rings. The van der Waals surface area contributed by atoms with E-state index in [9.17, 15) is 18.0 Å². The zero-order valence-electron chi connectivity index (χ0n) is 11.4. The molecule has 0 saturated carbocycles. The minimum absolute atomic E-state index is 0.0430. The van der Waals surface area contributed by atoms with Gasteiger partial charge in [-0.1, -0.05) is 30.3 Å². The van der Waals surface area contributed by atoms with E-state index in [2.05, 4.69) is 4.99 Å². The molecule has 0 aromatic heterocycles. The molecule has 118 valence electrons. The number of ether oxygens (including phenoxy) is 2. The maximum Gasteiger partial charge on any atom is 0.468 e. The minimum Gasteiger partial charge on any atom is -0.467 e. The Morgan fingerprint density at radius 1 is 1.32 bits per heavy atom. The third-order valence-corrected chi connectivity index (χ3v) is 3.49. The highest BCUT2D eigenvalue weighted by atomic mass is 19.4. The lowest BCUT2D eigenvalue weighted by Crippen LogP contribution is -2.33. The summed E-state index contributed by atoms with van der Waals surface area (Å²) in [6.07, 6.45) is -5.91. The van der Waals surface area contributed by atoms with Gasteiger partial charge in [0.1, 0.15) is 18.8 Å². The zero-order valence-corrected chi connectivity index (χ0v) is 11.4. The van der Waals surface area contributed by atoms with Crippen LogP contribution in [0.1, 0.15) is 5.56 Å². The van der Waals surface area contributed by atoms with Gasteiger partial charge in [0.15, 0.2) is 0 Å². The van der Waals surface area contributed by atoms with Gasteiger partial charge in [-0.05, 0) is 5.56 Å². The predicted octanol–water partition coefficient (Wildman–Crippen LogP) is 2.37. The second-order valence-electron chi connectivity index (χ2n) is 5.10. The maximum atomic E-state index is 12.5. The summed E-state index contributed by atoms with van der Waals surface area (Å²) in [6, 6.07) is 8.45. The molecule has 8 heteroatoms. The van der Waals surface area contributed by atoms with Crippen molar-refractivity contribution < 1.29 is 27.4 Å². The van der Waals surface area contributed by atoms with Gasteiger partial charge in [0.25, 0.3) is 5.90 Å². The first-order valence-electron chi connectivity index (χ1n) is 6.71. The molecule has 2 atom stereocenters. The molecule has 2 aliphatic rings. The van der Waals surface area contributed by atoms with Crippen molar-refractivity contribution in [3.05, 3.63) is 35.9 Å². The summed E-state index contributed by atoms with van der Waals surface area (Å²) in [5.41, 5.74) is 0.837. The number of rotatable bonds is 2. The van der Waals surface area contributed by atoms with Crippen LogP contribution in [0.25, 0.3) is 0 Å². The Bertz CT molecular complexity index is 589. The summed E-state index contributed by atoms with van der Waals surface area (Å²) in [7, 11) is 0. The minimum atomic E-state index is -4.58. The Morgan fingerprint density at radius 3 is 2.68 bits per heavy atom. The van der Waals surface area contributed by atoms with Crippen molar-refractivity contribution in [1.82, 2.24) is 4.90 Å². The Hall–Kier alpha value is -2.25. The van der Waals surface area contributed by atoms with Crippen LogP contribution >= 0.6 is 0 Å². The van der Waals surface area contributed by atoms with Crippen LogP contribution in [0.3, 0.4) is 0 Å². The van der Waals surface area contributed by atoms with Gasteiger partial charge in [0.05, 0.1) is 13.1 Å². The summed E-state index contributed by atoms with van der Waals surface area (Å²) in [6.45, 7) is 0.225. The van der Waals surface area contributed by atoms with Crippen molar-refractivity contribution in [2.45, 2.75) is 24.9 Å². The van der Waals surface area contributed by atoms with Crippen LogP contribution in [-0.4, -0.2) is 48.3 Å². The number of alkyl halides is 3. The molecule has 1 amide bonds. The molecule has 3 rings (SSSR count). The van der Waals surface area contributed by atoms with Gasteiger partial charge in [0.2, 0.25) is 0 Å². The molecule has 1 aromatic rings. The molecule has 22 heavy (non-hydrogen) atoms. The van der Waals surface area contributed by atoms with E-state index in [0.29, 0.717) is 0 Å². The topological polar surface area (TPSA) is 51.1 Å². The Kier molecular flexibility index (Phi) is 3.67. The Labute approximate surface area is 124 Å². The number of fused-ring (bicyclic) bond motifs is 1. The molecule has 0 unspecified atom stereocenters. The fraction of sp³-hybridized carbons (Fsp3) is 0.429. The largest absolute Gasteiger partial charge is 0.468 e. The fourth-order valence-electron chi connectivity index (χ4n) is 2.42. The number of aliphatic imine (C=N–C) groups is 1. The smallest absolute Gasteiger partial charge is 0.467 e. The number of nitrogens with zero attached hydrogens (tertiary/aromatic N) is 2. The first kappa shape index (κ1) is 14.7. The van der Waals surface area contributed by atoms with Crippen molar-refractivity contribution in [2.75, 3.05) is 13.1 Å². The number of likely N-dealkylation sites (tertiary alicyclic amines) is 1. The van der Waals surface area contributed by atoms with Crippen molar-refractivity contribution in [1.29, 1.82) is 0 Å². The third kappa shape index (κ3) is 3.00. The van der Waals surface area contributed by atoms with Gasteiger partial charge in [-0.15, -0.1) is 0 Å². The van der Waals surface area contributed by atoms with Gasteiger partial charge in [-0.25, -0.2) is 9.79 Å². The summed E-state index contributed by atoms with van der Waals surface area (Å²) < 4.78 is 47.3. The van der Waals surface area contributed by atoms with Crippen LogP contribution in [0.4, 0.5) is 18.0 Å². The lowest BCUT2D eigenvalue weighted by Gasteiger charge is -2.17. The highest BCUT2D eigenvalue weighted by Gasteiger charge is 2.50.